The molecule has 1 N–H and O–H groups in total. The smallest absolute Gasteiger partial charge is 0.303 e. The van der Waals surface area contributed by atoms with Crippen molar-refractivity contribution >= 4 is 5.97 Å². The molecule has 0 radical (unpaired) electrons. The van der Waals surface area contributed by atoms with Crippen LogP contribution < -0.4 is 0 Å². The molecule has 0 atom stereocenters. The fourth-order valence-corrected chi connectivity index (χ4v) is 0.997. The molecule has 0 unspecified atom stereocenters. The number of ether oxygens (including phenoxy) is 1. The van der Waals surface area contributed by atoms with Gasteiger partial charge in [0.25, 0.3) is 0 Å². The first-order valence-electron chi connectivity index (χ1n) is 4.63. The Labute approximate surface area is 79.4 Å². The van der Waals surface area contributed by atoms with Gasteiger partial charge in [-0.1, -0.05) is 18.6 Å². The summed E-state index contributed by atoms with van der Waals surface area (Å²) in [4.78, 5) is 10.1. The average Bonchev–Trinajstić information content (AvgIpc) is 2.09. The van der Waals surface area contributed by atoms with E-state index >= 15 is 0 Å². The van der Waals surface area contributed by atoms with Crippen LogP contribution in [0.15, 0.2) is 12.2 Å². The highest BCUT2D eigenvalue weighted by atomic mass is 16.5. The monoisotopic (exact) mass is 186 g/mol. The zero-order valence-electron chi connectivity index (χ0n) is 8.16. The number of methoxy groups -OCH3 is 1. The molecule has 0 aromatic rings. The fraction of sp³-hybridized carbons (Fsp3) is 0.700. The third kappa shape index (κ3) is 11.2. The SMILES string of the molecule is COCC=CCCCCCC(=O)O. The normalized spacial score (nSPS) is 10.8. The number of hydrogen-bond donors (Lipinski definition) is 1. The van der Waals surface area contributed by atoms with Gasteiger partial charge in [-0.25, -0.2) is 0 Å². The number of carboxylic acid groups (broad SMARTS) is 1. The largest absolute Gasteiger partial charge is 0.481 e. The van der Waals surface area contributed by atoms with Crippen molar-refractivity contribution in [3.8, 4) is 0 Å². The molecule has 3 heteroatoms. The summed E-state index contributed by atoms with van der Waals surface area (Å²) in [5, 5.41) is 8.36. The number of carbonyl (C=O) groups is 1. The molecule has 0 aliphatic carbocycles. The Morgan fingerprint density at radius 1 is 1.31 bits per heavy atom. The maximum atomic E-state index is 10.1. The second-order valence-electron chi connectivity index (χ2n) is 2.92. The van der Waals surface area contributed by atoms with Crippen LogP contribution in [0, 0.1) is 0 Å². The molecule has 0 aromatic heterocycles. The van der Waals surface area contributed by atoms with E-state index in [0.717, 1.165) is 25.7 Å². The van der Waals surface area contributed by atoms with Crippen molar-refractivity contribution in [2.75, 3.05) is 13.7 Å². The quantitative estimate of drug-likeness (QED) is 0.467. The van der Waals surface area contributed by atoms with Crippen molar-refractivity contribution in [3.63, 3.8) is 0 Å². The lowest BCUT2D eigenvalue weighted by molar-refractivity contribution is -0.137. The molecule has 13 heavy (non-hydrogen) atoms. The zero-order valence-corrected chi connectivity index (χ0v) is 8.16. The molecule has 0 spiro atoms. The van der Waals surface area contributed by atoms with Crippen molar-refractivity contribution < 1.29 is 14.6 Å². The molecule has 0 aliphatic heterocycles. The molecular weight excluding hydrogens is 168 g/mol. The van der Waals surface area contributed by atoms with Gasteiger partial charge >= 0.3 is 5.97 Å². The molecule has 3 nitrogen and oxygen atoms in total. The number of hydrogen-bond acceptors (Lipinski definition) is 2. The number of aliphatic carboxylic acids is 1. The summed E-state index contributed by atoms with van der Waals surface area (Å²) in [6.07, 6.45) is 8.21. The van der Waals surface area contributed by atoms with Crippen LogP contribution in [0.3, 0.4) is 0 Å². The van der Waals surface area contributed by atoms with Crippen LogP contribution in [-0.4, -0.2) is 24.8 Å². The minimum atomic E-state index is -0.699. The van der Waals surface area contributed by atoms with Crippen molar-refractivity contribution in [2.24, 2.45) is 0 Å². The summed E-state index contributed by atoms with van der Waals surface area (Å²) in [5.41, 5.74) is 0. The second kappa shape index (κ2) is 9.26. The van der Waals surface area contributed by atoms with Gasteiger partial charge in [0, 0.05) is 13.5 Å². The van der Waals surface area contributed by atoms with Crippen LogP contribution in [0.4, 0.5) is 0 Å². The van der Waals surface area contributed by atoms with Crippen molar-refractivity contribution in [1.29, 1.82) is 0 Å². The van der Waals surface area contributed by atoms with Gasteiger partial charge in [-0.2, -0.15) is 0 Å². The molecule has 0 aromatic carbocycles. The lowest BCUT2D eigenvalue weighted by atomic mass is 10.1. The van der Waals surface area contributed by atoms with E-state index in [4.69, 9.17) is 9.84 Å². The Kier molecular flexibility index (Phi) is 8.67. The Morgan fingerprint density at radius 3 is 2.69 bits per heavy atom. The molecule has 76 valence electrons. The standard InChI is InChI=1S/C10H18O3/c1-13-9-7-5-3-2-4-6-8-10(11)12/h5,7H,2-4,6,8-9H2,1H3,(H,11,12). The molecule has 0 amide bonds. The van der Waals surface area contributed by atoms with E-state index in [0.29, 0.717) is 13.0 Å². The van der Waals surface area contributed by atoms with Gasteiger partial charge in [0.05, 0.1) is 6.61 Å². The number of allylic oxidation sites excluding steroid dienone is 1. The Morgan fingerprint density at radius 2 is 2.08 bits per heavy atom. The van der Waals surface area contributed by atoms with E-state index in [1.165, 1.54) is 0 Å². The molecule has 0 bridgehead atoms. The van der Waals surface area contributed by atoms with E-state index in [2.05, 4.69) is 6.08 Å². The highest BCUT2D eigenvalue weighted by Gasteiger charge is 1.94. The maximum Gasteiger partial charge on any atom is 0.303 e. The van der Waals surface area contributed by atoms with Gasteiger partial charge in [0.15, 0.2) is 0 Å². The van der Waals surface area contributed by atoms with E-state index in [1.807, 2.05) is 6.08 Å². The van der Waals surface area contributed by atoms with Crippen LogP contribution in [0.1, 0.15) is 32.1 Å². The zero-order chi connectivity index (χ0) is 9.94. The summed E-state index contributed by atoms with van der Waals surface area (Å²) in [5.74, 6) is -0.699. The molecular formula is C10H18O3. The summed E-state index contributed by atoms with van der Waals surface area (Å²) >= 11 is 0. The van der Waals surface area contributed by atoms with Gasteiger partial charge in [-0.3, -0.25) is 4.79 Å². The third-order valence-corrected chi connectivity index (χ3v) is 1.69. The predicted molar refractivity (Wildman–Crippen MR) is 51.7 cm³/mol. The number of unbranched alkanes of at least 4 members (excludes halogenated alkanes) is 3. The van der Waals surface area contributed by atoms with E-state index in [1.54, 1.807) is 7.11 Å². The summed E-state index contributed by atoms with van der Waals surface area (Å²) in [7, 11) is 1.66. The van der Waals surface area contributed by atoms with Crippen molar-refractivity contribution in [2.45, 2.75) is 32.1 Å². The molecule has 0 saturated heterocycles. The van der Waals surface area contributed by atoms with Crippen molar-refractivity contribution in [3.05, 3.63) is 12.2 Å². The average molecular weight is 186 g/mol. The van der Waals surface area contributed by atoms with Crippen LogP contribution in [0.25, 0.3) is 0 Å². The number of carboxylic acids is 1. The van der Waals surface area contributed by atoms with Crippen LogP contribution in [0.2, 0.25) is 0 Å². The molecule has 0 fully saturated rings. The van der Waals surface area contributed by atoms with Crippen molar-refractivity contribution in [1.82, 2.24) is 0 Å². The first-order valence-corrected chi connectivity index (χ1v) is 4.63. The lowest BCUT2D eigenvalue weighted by Crippen LogP contribution is -1.93. The van der Waals surface area contributed by atoms with E-state index < -0.39 is 5.97 Å². The van der Waals surface area contributed by atoms with Crippen LogP contribution >= 0.6 is 0 Å². The van der Waals surface area contributed by atoms with Crippen LogP contribution in [-0.2, 0) is 9.53 Å². The Hall–Kier alpha value is -0.830. The van der Waals surface area contributed by atoms with E-state index in [9.17, 15) is 4.79 Å². The van der Waals surface area contributed by atoms with Gasteiger partial charge in [0.1, 0.15) is 0 Å². The fourth-order valence-electron chi connectivity index (χ4n) is 0.997. The van der Waals surface area contributed by atoms with Gasteiger partial charge in [-0.15, -0.1) is 0 Å². The molecule has 0 heterocycles. The Bertz CT molecular complexity index is 152. The first-order chi connectivity index (χ1) is 6.27. The molecule has 0 saturated carbocycles. The minimum absolute atomic E-state index is 0.293. The van der Waals surface area contributed by atoms with Crippen LogP contribution in [0.5, 0.6) is 0 Å². The molecule has 0 rings (SSSR count). The van der Waals surface area contributed by atoms with Gasteiger partial charge in [-0.05, 0) is 19.3 Å². The van der Waals surface area contributed by atoms with E-state index in [-0.39, 0.29) is 0 Å². The highest BCUT2D eigenvalue weighted by molar-refractivity contribution is 5.66. The highest BCUT2D eigenvalue weighted by Crippen LogP contribution is 2.03. The first kappa shape index (κ1) is 12.2. The topological polar surface area (TPSA) is 46.5 Å². The lowest BCUT2D eigenvalue weighted by Gasteiger charge is -1.95. The maximum absolute atomic E-state index is 10.1. The Balaban J connectivity index is 3.03. The summed E-state index contributed by atoms with van der Waals surface area (Å²) < 4.78 is 4.84. The third-order valence-electron chi connectivity index (χ3n) is 1.69. The summed E-state index contributed by atoms with van der Waals surface area (Å²) in [6.45, 7) is 0.662. The molecule has 0 aliphatic rings. The predicted octanol–water partition coefficient (Wildman–Crippen LogP) is 2.22. The summed E-state index contributed by atoms with van der Waals surface area (Å²) in [6, 6.07) is 0. The van der Waals surface area contributed by atoms with Gasteiger partial charge in [0.2, 0.25) is 0 Å². The minimum Gasteiger partial charge on any atom is -0.481 e. The van der Waals surface area contributed by atoms with Gasteiger partial charge < -0.3 is 9.84 Å². The second-order valence-corrected chi connectivity index (χ2v) is 2.92. The number of rotatable bonds is 8.